The molecule has 162 valence electrons. The second-order valence-corrected chi connectivity index (χ2v) is 7.71. The first-order valence-corrected chi connectivity index (χ1v) is 10.5. The molecule has 7 nitrogen and oxygen atoms in total. The Labute approximate surface area is 195 Å². The van der Waals surface area contributed by atoms with Crippen LogP contribution in [-0.4, -0.2) is 32.2 Å². The van der Waals surface area contributed by atoms with Gasteiger partial charge in [0, 0.05) is 5.69 Å². The Morgan fingerprint density at radius 1 is 1.19 bits per heavy atom. The van der Waals surface area contributed by atoms with Gasteiger partial charge in [0.25, 0.3) is 5.91 Å². The molecule has 0 aromatic heterocycles. The van der Waals surface area contributed by atoms with E-state index >= 15 is 0 Å². The lowest BCUT2D eigenvalue weighted by atomic mass is 10.1. The number of carbonyl (C=O) groups is 2. The van der Waals surface area contributed by atoms with Gasteiger partial charge in [-0.05, 0) is 90.4 Å². The summed E-state index contributed by atoms with van der Waals surface area (Å²) in [4.78, 5) is 24.1. The lowest BCUT2D eigenvalue weighted by molar-refractivity contribution is -0.145. The first kappa shape index (κ1) is 24.2. The fraction of sp³-hybridized carbons (Fsp3) is 0.261. The predicted octanol–water partition coefficient (Wildman–Crippen LogP) is 4.40. The van der Waals surface area contributed by atoms with Gasteiger partial charge in [-0.25, -0.2) is 4.79 Å². The van der Waals surface area contributed by atoms with E-state index in [9.17, 15) is 14.9 Å². The van der Waals surface area contributed by atoms with E-state index in [1.54, 1.807) is 25.1 Å². The summed E-state index contributed by atoms with van der Waals surface area (Å²) >= 11 is 2.03. The molecule has 0 aliphatic carbocycles. The van der Waals surface area contributed by atoms with Crippen molar-refractivity contribution in [2.45, 2.75) is 20.8 Å². The van der Waals surface area contributed by atoms with Gasteiger partial charge in [-0.2, -0.15) is 5.26 Å². The summed E-state index contributed by atoms with van der Waals surface area (Å²) in [5.41, 5.74) is 3.29. The topological polar surface area (TPSA) is 97.7 Å². The minimum Gasteiger partial charge on any atom is -0.493 e. The van der Waals surface area contributed by atoms with Gasteiger partial charge in [0.2, 0.25) is 0 Å². The van der Waals surface area contributed by atoms with Crippen LogP contribution in [0.4, 0.5) is 5.69 Å². The number of hydrogen-bond donors (Lipinski definition) is 1. The molecule has 0 bridgehead atoms. The highest BCUT2D eigenvalue weighted by Gasteiger charge is 2.15. The van der Waals surface area contributed by atoms with Gasteiger partial charge in [0.15, 0.2) is 18.1 Å². The van der Waals surface area contributed by atoms with Crippen molar-refractivity contribution in [1.82, 2.24) is 0 Å². The van der Waals surface area contributed by atoms with Crippen LogP contribution in [0.1, 0.15) is 23.6 Å². The van der Waals surface area contributed by atoms with Gasteiger partial charge in [-0.15, -0.1) is 0 Å². The molecule has 31 heavy (non-hydrogen) atoms. The molecule has 0 saturated carbocycles. The molecule has 2 aromatic rings. The molecule has 0 saturated heterocycles. The number of anilines is 1. The molecule has 0 spiro atoms. The third kappa shape index (κ3) is 6.72. The first-order valence-electron chi connectivity index (χ1n) is 9.45. The highest BCUT2D eigenvalue weighted by Crippen LogP contribution is 2.34. The lowest BCUT2D eigenvalue weighted by Crippen LogP contribution is -2.15. The quantitative estimate of drug-likeness (QED) is 0.233. The summed E-state index contributed by atoms with van der Waals surface area (Å²) in [5.74, 6) is -0.248. The Balaban J connectivity index is 2.25. The molecular formula is C23H23IN2O5. The van der Waals surface area contributed by atoms with Gasteiger partial charge < -0.3 is 19.5 Å². The summed E-state index contributed by atoms with van der Waals surface area (Å²) in [5, 5.41) is 12.2. The van der Waals surface area contributed by atoms with Crippen molar-refractivity contribution in [3.63, 3.8) is 0 Å². The smallest absolute Gasteiger partial charge is 0.344 e. The molecule has 0 aliphatic heterocycles. The molecule has 0 atom stereocenters. The zero-order valence-electron chi connectivity index (χ0n) is 17.7. The van der Waals surface area contributed by atoms with Crippen LogP contribution in [0, 0.1) is 28.7 Å². The number of amides is 1. The summed E-state index contributed by atoms with van der Waals surface area (Å²) in [6, 6.07) is 10.8. The third-order valence-corrected chi connectivity index (χ3v) is 5.13. The zero-order chi connectivity index (χ0) is 23.0. The van der Waals surface area contributed by atoms with Crippen LogP contribution in [0.3, 0.4) is 0 Å². The van der Waals surface area contributed by atoms with Crippen molar-refractivity contribution in [2.75, 3.05) is 25.6 Å². The number of nitrogens with one attached hydrogen (secondary N) is 1. The second kappa shape index (κ2) is 11.4. The van der Waals surface area contributed by atoms with E-state index in [1.807, 2.05) is 54.6 Å². The van der Waals surface area contributed by atoms with E-state index in [2.05, 4.69) is 5.32 Å². The van der Waals surface area contributed by atoms with E-state index in [0.29, 0.717) is 26.3 Å². The van der Waals surface area contributed by atoms with Crippen LogP contribution >= 0.6 is 22.6 Å². The minimum atomic E-state index is -0.512. The average molecular weight is 534 g/mol. The number of halogens is 1. The van der Waals surface area contributed by atoms with Crippen LogP contribution in [0.2, 0.25) is 0 Å². The number of nitriles is 1. The minimum absolute atomic E-state index is 0.0590. The molecule has 0 fully saturated rings. The molecule has 1 N–H and O–H groups in total. The van der Waals surface area contributed by atoms with Crippen LogP contribution < -0.4 is 14.8 Å². The number of nitrogens with zero attached hydrogens (tertiary/aromatic N) is 1. The molecule has 0 heterocycles. The summed E-state index contributed by atoms with van der Waals surface area (Å²) in [6.45, 7) is 5.66. The Bertz CT molecular complexity index is 1060. The van der Waals surface area contributed by atoms with Crippen molar-refractivity contribution >= 4 is 46.2 Å². The fourth-order valence-corrected chi connectivity index (χ4v) is 3.41. The molecule has 8 heteroatoms. The summed E-state index contributed by atoms with van der Waals surface area (Å²) in [7, 11) is 1.47. The Morgan fingerprint density at radius 3 is 2.55 bits per heavy atom. The lowest BCUT2D eigenvalue weighted by Gasteiger charge is -2.13. The monoisotopic (exact) mass is 534 g/mol. The number of methoxy groups -OCH3 is 1. The Morgan fingerprint density at radius 2 is 1.94 bits per heavy atom. The average Bonchev–Trinajstić information content (AvgIpc) is 2.73. The van der Waals surface area contributed by atoms with E-state index in [-0.39, 0.29) is 18.8 Å². The molecule has 1 amide bonds. The van der Waals surface area contributed by atoms with Crippen molar-refractivity contribution in [2.24, 2.45) is 0 Å². The number of hydrogen-bond acceptors (Lipinski definition) is 6. The zero-order valence-corrected chi connectivity index (χ0v) is 19.9. The van der Waals surface area contributed by atoms with E-state index in [1.165, 1.54) is 13.2 Å². The van der Waals surface area contributed by atoms with Crippen LogP contribution in [-0.2, 0) is 14.3 Å². The molecule has 0 aliphatic rings. The van der Waals surface area contributed by atoms with Gasteiger partial charge in [0.1, 0.15) is 11.6 Å². The number of rotatable bonds is 8. The van der Waals surface area contributed by atoms with Gasteiger partial charge in [-0.3, -0.25) is 4.79 Å². The molecule has 2 rings (SSSR count). The number of aryl methyl sites for hydroxylation is 2. The molecule has 0 radical (unpaired) electrons. The second-order valence-electron chi connectivity index (χ2n) is 6.55. The number of benzene rings is 2. The fourth-order valence-electron chi connectivity index (χ4n) is 2.63. The third-order valence-electron chi connectivity index (χ3n) is 4.33. The molecular weight excluding hydrogens is 511 g/mol. The van der Waals surface area contributed by atoms with E-state index in [4.69, 9.17) is 14.2 Å². The van der Waals surface area contributed by atoms with Crippen molar-refractivity contribution in [1.29, 1.82) is 5.26 Å². The highest BCUT2D eigenvalue weighted by atomic mass is 127. The van der Waals surface area contributed by atoms with Gasteiger partial charge in [0.05, 0.1) is 17.3 Å². The maximum atomic E-state index is 12.6. The van der Waals surface area contributed by atoms with Crippen molar-refractivity contribution in [3.05, 3.63) is 56.2 Å². The van der Waals surface area contributed by atoms with Crippen LogP contribution in [0.15, 0.2) is 35.9 Å². The Hall–Kier alpha value is -3.06. The molecule has 0 unspecified atom stereocenters. The molecule has 2 aromatic carbocycles. The van der Waals surface area contributed by atoms with Crippen molar-refractivity contribution in [3.8, 4) is 17.6 Å². The largest absolute Gasteiger partial charge is 0.493 e. The first-order chi connectivity index (χ1) is 14.8. The van der Waals surface area contributed by atoms with Crippen LogP contribution in [0.25, 0.3) is 6.08 Å². The van der Waals surface area contributed by atoms with E-state index in [0.717, 1.165) is 11.1 Å². The van der Waals surface area contributed by atoms with E-state index < -0.39 is 11.9 Å². The summed E-state index contributed by atoms with van der Waals surface area (Å²) in [6.07, 6.45) is 1.47. The summed E-state index contributed by atoms with van der Waals surface area (Å²) < 4.78 is 16.4. The van der Waals surface area contributed by atoms with Crippen LogP contribution in [0.5, 0.6) is 11.5 Å². The van der Waals surface area contributed by atoms with Gasteiger partial charge in [-0.1, -0.05) is 6.07 Å². The maximum Gasteiger partial charge on any atom is 0.344 e. The highest BCUT2D eigenvalue weighted by molar-refractivity contribution is 14.1. The standard InChI is InChI=1S/C23H23IN2O5/c1-5-30-21(27)13-31-22-19(24)10-16(11-20(22)29-4)9-17(12-25)23(28)26-18-7-6-14(2)15(3)8-18/h6-11H,5,13H2,1-4H3,(H,26,28)/b17-9+. The Kier molecular flexibility index (Phi) is 8.88. The normalized spacial score (nSPS) is 10.8. The number of carbonyl (C=O) groups excluding carboxylic acids is 2. The number of ether oxygens (including phenoxy) is 3. The predicted molar refractivity (Wildman–Crippen MR) is 126 cm³/mol. The SMILES string of the molecule is CCOC(=O)COc1c(I)cc(/C=C(\C#N)C(=O)Nc2ccc(C)c(C)c2)cc1OC. The van der Waals surface area contributed by atoms with Gasteiger partial charge >= 0.3 is 5.97 Å². The number of esters is 1. The van der Waals surface area contributed by atoms with Crippen molar-refractivity contribution < 1.29 is 23.8 Å². The maximum absolute atomic E-state index is 12.6.